The lowest BCUT2D eigenvalue weighted by molar-refractivity contribution is -0.144. The summed E-state index contributed by atoms with van der Waals surface area (Å²) >= 11 is 0. The third-order valence-electron chi connectivity index (χ3n) is 4.12. The van der Waals surface area contributed by atoms with Gasteiger partial charge >= 0.3 is 12.1 Å². The Morgan fingerprint density at radius 1 is 1.13 bits per heavy atom. The Bertz CT molecular complexity index is 1050. The predicted molar refractivity (Wildman–Crippen MR) is 117 cm³/mol. The number of carbonyl (C=O) groups is 2. The molecule has 0 aliphatic carbocycles. The molecule has 0 fully saturated rings. The van der Waals surface area contributed by atoms with E-state index in [0.717, 1.165) is 10.9 Å². The van der Waals surface area contributed by atoms with Crippen molar-refractivity contribution in [2.24, 2.45) is 0 Å². The molecule has 8 nitrogen and oxygen atoms in total. The van der Waals surface area contributed by atoms with Gasteiger partial charge in [-0.25, -0.2) is 4.79 Å². The van der Waals surface area contributed by atoms with E-state index >= 15 is 0 Å². The normalized spacial score (nSPS) is 11.2. The third kappa shape index (κ3) is 6.47. The number of nitrogens with one attached hydrogen (secondary N) is 1. The fraction of sp³-hybridized carbons (Fsp3) is 0.348. The highest BCUT2D eigenvalue weighted by molar-refractivity contribution is 5.93. The number of ether oxygens (including phenoxy) is 3. The molecule has 2 aromatic carbocycles. The molecule has 0 bridgehead atoms. The summed E-state index contributed by atoms with van der Waals surface area (Å²) in [6.45, 7) is 7.76. The number of hydrogen-bond donors (Lipinski definition) is 1. The zero-order chi connectivity index (χ0) is 22.4. The first-order valence-corrected chi connectivity index (χ1v) is 10.1. The van der Waals surface area contributed by atoms with Crippen LogP contribution in [0.25, 0.3) is 10.9 Å². The van der Waals surface area contributed by atoms with E-state index < -0.39 is 11.7 Å². The molecule has 1 amide bonds. The quantitative estimate of drug-likeness (QED) is 0.560. The molecule has 0 atom stereocenters. The maximum atomic E-state index is 12.3. The topological polar surface area (TPSA) is 91.7 Å². The lowest BCUT2D eigenvalue weighted by Gasteiger charge is -2.20. The molecule has 0 saturated carbocycles. The van der Waals surface area contributed by atoms with Gasteiger partial charge in [0.2, 0.25) is 0 Å². The maximum absolute atomic E-state index is 12.3. The van der Waals surface area contributed by atoms with Crippen molar-refractivity contribution in [1.29, 1.82) is 0 Å². The number of amides is 1. The summed E-state index contributed by atoms with van der Waals surface area (Å²) in [5.74, 6) is 0.0755. The minimum atomic E-state index is -0.635. The largest absolute Gasteiger partial charge is 0.487 e. The average molecular weight is 425 g/mol. The first-order valence-electron chi connectivity index (χ1n) is 10.1. The smallest absolute Gasteiger partial charge is 0.412 e. The van der Waals surface area contributed by atoms with Crippen molar-refractivity contribution < 1.29 is 23.8 Å². The minimum Gasteiger partial charge on any atom is -0.487 e. The van der Waals surface area contributed by atoms with Crippen molar-refractivity contribution in [3.05, 3.63) is 54.2 Å². The first kappa shape index (κ1) is 22.1. The highest BCUT2D eigenvalue weighted by Gasteiger charge is 2.19. The summed E-state index contributed by atoms with van der Waals surface area (Å²) in [7, 11) is 0. The number of anilines is 1. The Morgan fingerprint density at radius 3 is 2.55 bits per heavy atom. The summed E-state index contributed by atoms with van der Waals surface area (Å²) in [6.07, 6.45) is 1.13. The van der Waals surface area contributed by atoms with E-state index in [1.807, 2.05) is 30.3 Å². The van der Waals surface area contributed by atoms with Crippen molar-refractivity contribution in [1.82, 2.24) is 9.78 Å². The Hall–Kier alpha value is -3.55. The Balaban J connectivity index is 1.88. The lowest BCUT2D eigenvalue weighted by Crippen LogP contribution is -2.27. The van der Waals surface area contributed by atoms with Gasteiger partial charge in [0.15, 0.2) is 0 Å². The number of rotatable bonds is 7. The number of nitrogens with zero attached hydrogens (tertiary/aromatic N) is 2. The molecule has 31 heavy (non-hydrogen) atoms. The molecule has 0 radical (unpaired) electrons. The molecule has 1 N–H and O–H groups in total. The molecule has 0 aliphatic rings. The van der Waals surface area contributed by atoms with Gasteiger partial charge in [-0.1, -0.05) is 30.3 Å². The molecule has 0 unspecified atom stereocenters. The molecule has 0 saturated heterocycles. The van der Waals surface area contributed by atoms with Crippen LogP contribution in [0, 0.1) is 0 Å². The minimum absolute atomic E-state index is 0.00243. The van der Waals surface area contributed by atoms with E-state index in [0.29, 0.717) is 30.2 Å². The Kier molecular flexibility index (Phi) is 6.79. The number of benzene rings is 2. The van der Waals surface area contributed by atoms with Crippen LogP contribution >= 0.6 is 0 Å². The highest BCUT2D eigenvalue weighted by atomic mass is 16.6. The standard InChI is InChI=1S/C23H27N3O5/c1-5-29-21(27)14-26-13-17-11-19(24-22(28)31-23(2,3)4)20(12-18(17)25-26)30-15-16-9-7-6-8-10-16/h6-13H,5,14-15H2,1-4H3,(H,24,28). The predicted octanol–water partition coefficient (Wildman–Crippen LogP) is 4.53. The van der Waals surface area contributed by atoms with Gasteiger partial charge in [0.1, 0.15) is 24.5 Å². The fourth-order valence-corrected chi connectivity index (χ4v) is 2.89. The second-order valence-electron chi connectivity index (χ2n) is 7.94. The summed E-state index contributed by atoms with van der Waals surface area (Å²) < 4.78 is 17.8. The lowest BCUT2D eigenvalue weighted by atomic mass is 10.2. The summed E-state index contributed by atoms with van der Waals surface area (Å²) in [4.78, 5) is 24.1. The van der Waals surface area contributed by atoms with Crippen LogP contribution in [0.1, 0.15) is 33.3 Å². The van der Waals surface area contributed by atoms with Gasteiger partial charge in [-0.05, 0) is 39.3 Å². The van der Waals surface area contributed by atoms with E-state index in [1.165, 1.54) is 4.68 Å². The zero-order valence-electron chi connectivity index (χ0n) is 18.2. The summed E-state index contributed by atoms with van der Waals surface area (Å²) in [6, 6.07) is 13.2. The number of fused-ring (bicyclic) bond motifs is 1. The van der Waals surface area contributed by atoms with Crippen molar-refractivity contribution in [2.75, 3.05) is 11.9 Å². The van der Waals surface area contributed by atoms with Crippen LogP contribution in [0.15, 0.2) is 48.7 Å². The third-order valence-corrected chi connectivity index (χ3v) is 4.12. The first-order chi connectivity index (χ1) is 14.7. The van der Waals surface area contributed by atoms with Crippen LogP contribution in [-0.2, 0) is 27.4 Å². The van der Waals surface area contributed by atoms with E-state index in [4.69, 9.17) is 14.2 Å². The average Bonchev–Trinajstić information content (AvgIpc) is 3.06. The van der Waals surface area contributed by atoms with Crippen LogP contribution in [0.2, 0.25) is 0 Å². The second kappa shape index (κ2) is 9.51. The van der Waals surface area contributed by atoms with Gasteiger partial charge < -0.3 is 14.2 Å². The molecule has 1 heterocycles. The van der Waals surface area contributed by atoms with Gasteiger partial charge in [0.25, 0.3) is 0 Å². The molecule has 3 aromatic rings. The van der Waals surface area contributed by atoms with Crippen LogP contribution < -0.4 is 10.1 Å². The number of aromatic nitrogens is 2. The van der Waals surface area contributed by atoms with Gasteiger partial charge in [-0.2, -0.15) is 5.10 Å². The van der Waals surface area contributed by atoms with E-state index in [9.17, 15) is 9.59 Å². The fourth-order valence-electron chi connectivity index (χ4n) is 2.89. The molecule has 1 aromatic heterocycles. The maximum Gasteiger partial charge on any atom is 0.412 e. The molecule has 3 rings (SSSR count). The molecule has 164 valence electrons. The van der Waals surface area contributed by atoms with Crippen LogP contribution in [0.5, 0.6) is 5.75 Å². The summed E-state index contributed by atoms with van der Waals surface area (Å²) in [5, 5.41) is 7.91. The number of carbonyl (C=O) groups excluding carboxylic acids is 2. The van der Waals surface area contributed by atoms with Crippen LogP contribution in [0.4, 0.5) is 10.5 Å². The number of esters is 1. The van der Waals surface area contributed by atoms with E-state index in [1.54, 1.807) is 46.0 Å². The van der Waals surface area contributed by atoms with Crippen molar-refractivity contribution in [2.45, 2.75) is 46.4 Å². The Labute approximate surface area is 181 Å². The van der Waals surface area contributed by atoms with Gasteiger partial charge in [-0.3, -0.25) is 14.8 Å². The molecular formula is C23H27N3O5. The van der Waals surface area contributed by atoms with Crippen LogP contribution in [-0.4, -0.2) is 34.1 Å². The van der Waals surface area contributed by atoms with E-state index in [-0.39, 0.29) is 12.5 Å². The van der Waals surface area contributed by atoms with Gasteiger partial charge in [0, 0.05) is 17.6 Å². The second-order valence-corrected chi connectivity index (χ2v) is 7.94. The molecule has 0 aliphatic heterocycles. The van der Waals surface area contributed by atoms with Crippen molar-refractivity contribution in [3.8, 4) is 5.75 Å². The van der Waals surface area contributed by atoms with Crippen molar-refractivity contribution in [3.63, 3.8) is 0 Å². The highest BCUT2D eigenvalue weighted by Crippen LogP contribution is 2.31. The number of hydrogen-bond acceptors (Lipinski definition) is 6. The Morgan fingerprint density at radius 2 is 1.87 bits per heavy atom. The molecule has 8 heteroatoms. The van der Waals surface area contributed by atoms with E-state index in [2.05, 4.69) is 10.4 Å². The van der Waals surface area contributed by atoms with Gasteiger partial charge in [0.05, 0.1) is 17.8 Å². The van der Waals surface area contributed by atoms with Crippen LogP contribution in [0.3, 0.4) is 0 Å². The SMILES string of the molecule is CCOC(=O)Cn1cc2cc(NC(=O)OC(C)(C)C)c(OCc3ccccc3)cc2n1. The zero-order valence-corrected chi connectivity index (χ0v) is 18.2. The molecule has 0 spiro atoms. The van der Waals surface area contributed by atoms with Crippen molar-refractivity contribution >= 4 is 28.7 Å². The monoisotopic (exact) mass is 425 g/mol. The molecular weight excluding hydrogens is 398 g/mol. The van der Waals surface area contributed by atoms with Gasteiger partial charge in [-0.15, -0.1) is 0 Å². The summed E-state index contributed by atoms with van der Waals surface area (Å²) in [5.41, 5.74) is 1.43.